The molecule has 1 saturated heterocycles. The molecule has 0 radical (unpaired) electrons. The van der Waals surface area contributed by atoms with Crippen molar-refractivity contribution < 1.29 is 4.79 Å². The summed E-state index contributed by atoms with van der Waals surface area (Å²) in [5, 5.41) is 0. The van der Waals surface area contributed by atoms with E-state index in [0.717, 1.165) is 19.5 Å². The Hall–Kier alpha value is -0.730. The number of carbonyl (C=O) groups excluding carboxylic acids is 1. The van der Waals surface area contributed by atoms with Crippen LogP contribution in [0, 0.1) is 10.8 Å². The Kier molecular flexibility index (Phi) is 2.44. The van der Waals surface area contributed by atoms with Crippen molar-refractivity contribution in [1.82, 2.24) is 4.90 Å². The summed E-state index contributed by atoms with van der Waals surface area (Å²) in [6, 6.07) is -0.239. The zero-order valence-electron chi connectivity index (χ0n) is 9.88. The van der Waals surface area contributed by atoms with Crippen LogP contribution in [0.15, 0.2) is 0 Å². The quantitative estimate of drug-likeness (QED) is 0.655. The van der Waals surface area contributed by atoms with Gasteiger partial charge < -0.3 is 10.6 Å². The Bertz CT molecular complexity index is 275. The van der Waals surface area contributed by atoms with Crippen LogP contribution in [0.5, 0.6) is 0 Å². The highest BCUT2D eigenvalue weighted by Gasteiger charge is 2.50. The predicted octanol–water partition coefficient (Wildman–Crippen LogP) is 2.36. The zero-order valence-corrected chi connectivity index (χ0v) is 9.88. The monoisotopic (exact) mass is 210 g/mol. The molecule has 3 nitrogen and oxygen atoms in total. The molecule has 2 aliphatic rings. The van der Waals surface area contributed by atoms with Crippen LogP contribution in [0.3, 0.4) is 0 Å². The molecule has 1 unspecified atom stereocenters. The zero-order chi connectivity index (χ0) is 11.1. The van der Waals surface area contributed by atoms with Crippen LogP contribution in [0.25, 0.3) is 0 Å². The summed E-state index contributed by atoms with van der Waals surface area (Å²) in [4.78, 5) is 13.1. The number of nitrogens with two attached hydrogens (primary N) is 1. The third-order valence-electron chi connectivity index (χ3n) is 4.78. The van der Waals surface area contributed by atoms with Gasteiger partial charge in [-0.3, -0.25) is 0 Å². The van der Waals surface area contributed by atoms with E-state index in [1.54, 1.807) is 0 Å². The molecular weight excluding hydrogens is 188 g/mol. The van der Waals surface area contributed by atoms with Crippen molar-refractivity contribution >= 4 is 6.03 Å². The molecule has 15 heavy (non-hydrogen) atoms. The van der Waals surface area contributed by atoms with Gasteiger partial charge in [-0.25, -0.2) is 4.79 Å². The van der Waals surface area contributed by atoms with E-state index in [4.69, 9.17) is 5.73 Å². The van der Waals surface area contributed by atoms with Crippen LogP contribution in [0.2, 0.25) is 0 Å². The maximum atomic E-state index is 11.3. The number of nitrogens with zero attached hydrogens (tertiary/aromatic N) is 1. The van der Waals surface area contributed by atoms with Gasteiger partial charge in [0.15, 0.2) is 0 Å². The summed E-state index contributed by atoms with van der Waals surface area (Å²) < 4.78 is 0. The van der Waals surface area contributed by atoms with E-state index in [-0.39, 0.29) is 6.03 Å². The maximum Gasteiger partial charge on any atom is 0.314 e. The van der Waals surface area contributed by atoms with E-state index in [2.05, 4.69) is 13.8 Å². The standard InChI is InChI=1S/C12H22N2O/c1-11(2)5-3-6-12(11)7-4-8-14(9-12)10(13)15/h3-9H2,1-2H3,(H2,13,15). The van der Waals surface area contributed by atoms with Crippen LogP contribution < -0.4 is 5.73 Å². The van der Waals surface area contributed by atoms with Crippen molar-refractivity contribution in [3.8, 4) is 0 Å². The second-order valence-corrected chi connectivity index (χ2v) is 5.88. The summed E-state index contributed by atoms with van der Waals surface area (Å²) >= 11 is 0. The van der Waals surface area contributed by atoms with Gasteiger partial charge in [0, 0.05) is 13.1 Å². The fourth-order valence-corrected chi connectivity index (χ4v) is 3.55. The fraction of sp³-hybridized carbons (Fsp3) is 0.917. The number of rotatable bonds is 0. The van der Waals surface area contributed by atoms with Crippen molar-refractivity contribution in [2.75, 3.05) is 13.1 Å². The molecule has 0 aromatic carbocycles. The molecule has 3 heteroatoms. The van der Waals surface area contributed by atoms with E-state index in [1.165, 1.54) is 25.7 Å². The van der Waals surface area contributed by atoms with Crippen molar-refractivity contribution in [2.24, 2.45) is 16.6 Å². The summed E-state index contributed by atoms with van der Waals surface area (Å²) in [6.07, 6.45) is 6.25. The molecule has 2 amide bonds. The molecule has 1 aliphatic carbocycles. The molecule has 1 atom stereocenters. The number of primary amides is 1. The van der Waals surface area contributed by atoms with Crippen LogP contribution in [0.4, 0.5) is 4.79 Å². The molecule has 2 fully saturated rings. The SMILES string of the molecule is CC1(C)CCCC12CCCN(C(N)=O)C2. The highest BCUT2D eigenvalue weighted by molar-refractivity contribution is 5.72. The summed E-state index contributed by atoms with van der Waals surface area (Å²) in [5.74, 6) is 0. The van der Waals surface area contributed by atoms with Gasteiger partial charge in [-0.05, 0) is 36.5 Å². The van der Waals surface area contributed by atoms with Crippen molar-refractivity contribution in [3.05, 3.63) is 0 Å². The molecule has 1 heterocycles. The molecule has 1 spiro atoms. The van der Waals surface area contributed by atoms with Crippen LogP contribution >= 0.6 is 0 Å². The van der Waals surface area contributed by atoms with E-state index in [9.17, 15) is 4.79 Å². The first kappa shape index (κ1) is 10.8. The smallest absolute Gasteiger partial charge is 0.314 e. The second-order valence-electron chi connectivity index (χ2n) is 5.88. The predicted molar refractivity (Wildman–Crippen MR) is 60.5 cm³/mol. The maximum absolute atomic E-state index is 11.3. The van der Waals surface area contributed by atoms with Crippen LogP contribution in [-0.2, 0) is 0 Å². The lowest BCUT2D eigenvalue weighted by atomic mass is 9.64. The minimum absolute atomic E-state index is 0.239. The average Bonchev–Trinajstić information content (AvgIpc) is 2.42. The number of carbonyl (C=O) groups is 1. The lowest BCUT2D eigenvalue weighted by Gasteiger charge is -2.48. The molecule has 2 N–H and O–H groups in total. The summed E-state index contributed by atoms with van der Waals surface area (Å²) in [7, 11) is 0. The van der Waals surface area contributed by atoms with Gasteiger partial charge in [0.05, 0.1) is 0 Å². The van der Waals surface area contributed by atoms with E-state index in [1.807, 2.05) is 4.90 Å². The van der Waals surface area contributed by atoms with Gasteiger partial charge in [-0.2, -0.15) is 0 Å². The normalized spacial score (nSPS) is 34.7. The lowest BCUT2D eigenvalue weighted by molar-refractivity contribution is 0.0268. The van der Waals surface area contributed by atoms with E-state index >= 15 is 0 Å². The van der Waals surface area contributed by atoms with E-state index in [0.29, 0.717) is 10.8 Å². The molecule has 86 valence electrons. The topological polar surface area (TPSA) is 46.3 Å². The minimum Gasteiger partial charge on any atom is -0.351 e. The molecular formula is C12H22N2O. The largest absolute Gasteiger partial charge is 0.351 e. The van der Waals surface area contributed by atoms with Crippen LogP contribution in [0.1, 0.15) is 46.0 Å². The van der Waals surface area contributed by atoms with Gasteiger partial charge in [-0.1, -0.05) is 20.3 Å². The van der Waals surface area contributed by atoms with Gasteiger partial charge in [0.25, 0.3) is 0 Å². The van der Waals surface area contributed by atoms with E-state index < -0.39 is 0 Å². The Morgan fingerprint density at radius 3 is 2.40 bits per heavy atom. The molecule has 0 bridgehead atoms. The Labute approximate surface area is 92.0 Å². The molecule has 0 aromatic rings. The summed E-state index contributed by atoms with van der Waals surface area (Å²) in [5.41, 5.74) is 6.12. The lowest BCUT2D eigenvalue weighted by Crippen LogP contribution is -2.51. The first-order valence-electron chi connectivity index (χ1n) is 6.01. The molecule has 0 aromatic heterocycles. The number of piperidine rings is 1. The number of urea groups is 1. The van der Waals surface area contributed by atoms with Crippen molar-refractivity contribution in [1.29, 1.82) is 0 Å². The van der Waals surface area contributed by atoms with Gasteiger partial charge >= 0.3 is 6.03 Å². The Morgan fingerprint density at radius 2 is 1.87 bits per heavy atom. The third kappa shape index (κ3) is 1.62. The molecule has 2 rings (SSSR count). The van der Waals surface area contributed by atoms with Gasteiger partial charge in [-0.15, -0.1) is 0 Å². The molecule has 1 saturated carbocycles. The van der Waals surface area contributed by atoms with Crippen molar-refractivity contribution in [3.63, 3.8) is 0 Å². The number of amides is 2. The van der Waals surface area contributed by atoms with Crippen LogP contribution in [-0.4, -0.2) is 24.0 Å². The highest BCUT2D eigenvalue weighted by atomic mass is 16.2. The molecule has 1 aliphatic heterocycles. The fourth-order valence-electron chi connectivity index (χ4n) is 3.55. The number of hydrogen-bond acceptors (Lipinski definition) is 1. The number of hydrogen-bond donors (Lipinski definition) is 1. The Balaban J connectivity index is 2.18. The van der Waals surface area contributed by atoms with Gasteiger partial charge in [0.1, 0.15) is 0 Å². The first-order chi connectivity index (χ1) is 6.97. The Morgan fingerprint density at radius 1 is 1.20 bits per heavy atom. The highest BCUT2D eigenvalue weighted by Crippen LogP contribution is 2.56. The van der Waals surface area contributed by atoms with Crippen molar-refractivity contribution in [2.45, 2.75) is 46.0 Å². The average molecular weight is 210 g/mol. The summed E-state index contributed by atoms with van der Waals surface area (Å²) in [6.45, 7) is 6.44. The first-order valence-corrected chi connectivity index (χ1v) is 6.01. The minimum atomic E-state index is -0.239. The van der Waals surface area contributed by atoms with Gasteiger partial charge in [0.2, 0.25) is 0 Å². The third-order valence-corrected chi connectivity index (χ3v) is 4.78. The second kappa shape index (κ2) is 3.39. The number of likely N-dealkylation sites (tertiary alicyclic amines) is 1.